The second-order valence-electron chi connectivity index (χ2n) is 8.12. The average molecular weight is 599 g/mol. The van der Waals surface area contributed by atoms with Gasteiger partial charge >= 0.3 is 0 Å². The maximum absolute atomic E-state index is 13.0. The number of benzene rings is 3. The van der Waals surface area contributed by atoms with Crippen molar-refractivity contribution < 1.29 is 19.2 Å². The number of carbonyl (C=O) groups excluding carboxylic acids is 2. The molecule has 1 aliphatic heterocycles. The van der Waals surface area contributed by atoms with Gasteiger partial charge in [0.1, 0.15) is 5.75 Å². The number of thiocarbonyl (C=S) groups is 1. The van der Waals surface area contributed by atoms with Gasteiger partial charge in [0.05, 0.1) is 21.2 Å². The van der Waals surface area contributed by atoms with Crippen LogP contribution in [0.3, 0.4) is 0 Å². The fourth-order valence-electron chi connectivity index (χ4n) is 3.46. The predicted molar refractivity (Wildman–Crippen MR) is 153 cm³/mol. The number of rotatable bonds is 7. The first-order valence-corrected chi connectivity index (χ1v) is 13.0. The van der Waals surface area contributed by atoms with Crippen molar-refractivity contribution >= 4 is 79.2 Å². The van der Waals surface area contributed by atoms with Gasteiger partial charge in [0.15, 0.2) is 10.9 Å². The lowest BCUT2D eigenvalue weighted by Gasteiger charge is -2.13. The van der Waals surface area contributed by atoms with E-state index in [-0.39, 0.29) is 28.4 Å². The Morgan fingerprint density at radius 1 is 1.16 bits per heavy atom. The van der Waals surface area contributed by atoms with Gasteiger partial charge in [-0.05, 0) is 82.9 Å². The minimum absolute atomic E-state index is 0.124. The Labute approximate surface area is 231 Å². The van der Waals surface area contributed by atoms with Gasteiger partial charge in [-0.2, -0.15) is 0 Å². The molecule has 0 radical (unpaired) electrons. The Hall–Kier alpha value is -3.54. The van der Waals surface area contributed by atoms with E-state index in [1.165, 1.54) is 23.1 Å². The van der Waals surface area contributed by atoms with Gasteiger partial charge in [-0.15, -0.1) is 0 Å². The molecule has 8 nitrogen and oxygen atoms in total. The van der Waals surface area contributed by atoms with Crippen LogP contribution in [0.25, 0.3) is 6.08 Å². The van der Waals surface area contributed by atoms with E-state index in [0.717, 1.165) is 32.9 Å². The monoisotopic (exact) mass is 597 g/mol. The van der Waals surface area contributed by atoms with Crippen LogP contribution in [-0.2, 0) is 9.59 Å². The van der Waals surface area contributed by atoms with Crippen molar-refractivity contribution in [2.24, 2.45) is 0 Å². The lowest BCUT2D eigenvalue weighted by molar-refractivity contribution is -0.384. The fraction of sp³-hybridized carbons (Fsp3) is 0.115. The second kappa shape index (κ2) is 11.2. The number of thioether (sulfide) groups is 1. The van der Waals surface area contributed by atoms with Crippen LogP contribution in [0, 0.1) is 24.0 Å². The topological polar surface area (TPSA) is 102 Å². The molecule has 0 atom stereocenters. The Morgan fingerprint density at radius 2 is 1.86 bits per heavy atom. The Bertz CT molecular complexity index is 1460. The molecule has 1 saturated heterocycles. The molecule has 1 fully saturated rings. The summed E-state index contributed by atoms with van der Waals surface area (Å²) < 4.78 is 6.68. The predicted octanol–water partition coefficient (Wildman–Crippen LogP) is 6.40. The number of amides is 2. The zero-order valence-corrected chi connectivity index (χ0v) is 22.9. The number of anilines is 2. The van der Waals surface area contributed by atoms with Crippen LogP contribution in [0.2, 0.25) is 0 Å². The van der Waals surface area contributed by atoms with Crippen molar-refractivity contribution in [1.29, 1.82) is 0 Å². The zero-order valence-electron chi connectivity index (χ0n) is 19.7. The normalized spacial score (nSPS) is 14.2. The Morgan fingerprint density at radius 3 is 2.57 bits per heavy atom. The number of aryl methyl sites for hydroxylation is 2. The van der Waals surface area contributed by atoms with E-state index in [0.29, 0.717) is 22.0 Å². The van der Waals surface area contributed by atoms with Crippen LogP contribution < -0.4 is 15.0 Å². The molecule has 0 saturated carbocycles. The van der Waals surface area contributed by atoms with Gasteiger partial charge in [0.25, 0.3) is 17.5 Å². The minimum atomic E-state index is -0.521. The molecule has 37 heavy (non-hydrogen) atoms. The molecule has 1 N–H and O–H groups in total. The molecule has 0 aromatic heterocycles. The number of ether oxygens (including phenoxy) is 1. The first kappa shape index (κ1) is 26.5. The highest BCUT2D eigenvalue weighted by Gasteiger charge is 2.33. The minimum Gasteiger partial charge on any atom is -0.484 e. The van der Waals surface area contributed by atoms with Crippen molar-refractivity contribution in [2.75, 3.05) is 16.8 Å². The van der Waals surface area contributed by atoms with Crippen LogP contribution in [0.5, 0.6) is 5.75 Å². The molecular formula is C26H20BrN3O5S2. The van der Waals surface area contributed by atoms with E-state index in [2.05, 4.69) is 21.2 Å². The first-order chi connectivity index (χ1) is 17.6. The highest BCUT2D eigenvalue weighted by molar-refractivity contribution is 9.10. The molecular weight excluding hydrogens is 578 g/mol. The van der Waals surface area contributed by atoms with Gasteiger partial charge in [-0.3, -0.25) is 24.6 Å². The van der Waals surface area contributed by atoms with Crippen LogP contribution in [-0.4, -0.2) is 27.7 Å². The first-order valence-electron chi connectivity index (χ1n) is 10.9. The van der Waals surface area contributed by atoms with Crippen molar-refractivity contribution in [3.05, 3.63) is 96.8 Å². The second-order valence-corrected chi connectivity index (χ2v) is 10.6. The van der Waals surface area contributed by atoms with Crippen molar-refractivity contribution in [1.82, 2.24) is 0 Å². The maximum Gasteiger partial charge on any atom is 0.271 e. The smallest absolute Gasteiger partial charge is 0.271 e. The molecule has 4 rings (SSSR count). The number of nitrogens with one attached hydrogen (secondary N) is 1. The summed E-state index contributed by atoms with van der Waals surface area (Å²) in [7, 11) is 0. The summed E-state index contributed by atoms with van der Waals surface area (Å²) in [4.78, 5) is 37.5. The summed E-state index contributed by atoms with van der Waals surface area (Å²) >= 11 is 9.92. The lowest BCUT2D eigenvalue weighted by Crippen LogP contribution is -2.27. The number of nitrogens with zero attached hydrogens (tertiary/aromatic N) is 2. The van der Waals surface area contributed by atoms with E-state index in [1.54, 1.807) is 36.4 Å². The van der Waals surface area contributed by atoms with Crippen molar-refractivity contribution in [2.45, 2.75) is 13.8 Å². The SMILES string of the molecule is Cc1cc(Br)c(NC(=O)COc2ccc(/C=C3\SC(=S)N(c4cccc([N+](=O)[O-])c4)C3=O)cc2)cc1C. The fourth-order valence-corrected chi connectivity index (χ4v) is 5.32. The highest BCUT2D eigenvalue weighted by Crippen LogP contribution is 2.37. The Balaban J connectivity index is 1.39. The van der Waals surface area contributed by atoms with Gasteiger partial charge in [-0.1, -0.05) is 42.2 Å². The van der Waals surface area contributed by atoms with Gasteiger partial charge in [0.2, 0.25) is 0 Å². The summed E-state index contributed by atoms with van der Waals surface area (Å²) in [6.07, 6.45) is 1.68. The summed E-state index contributed by atoms with van der Waals surface area (Å²) in [5.74, 6) is -0.154. The molecule has 1 heterocycles. The standard InChI is InChI=1S/C26H20BrN3O5S2/c1-15-10-21(27)22(11-16(15)2)28-24(31)14-35-20-8-6-17(7-9-20)12-23-25(32)29(26(36)37-23)18-4-3-5-19(13-18)30(33)34/h3-13H,14H2,1-2H3,(H,28,31)/b23-12-. The number of nitro groups is 1. The quantitative estimate of drug-likeness (QED) is 0.145. The third-order valence-electron chi connectivity index (χ3n) is 5.50. The summed E-state index contributed by atoms with van der Waals surface area (Å²) in [5, 5.41) is 13.9. The highest BCUT2D eigenvalue weighted by atomic mass is 79.9. The van der Waals surface area contributed by atoms with Crippen LogP contribution >= 0.6 is 39.9 Å². The number of hydrogen-bond acceptors (Lipinski definition) is 7. The number of non-ortho nitro benzene ring substituents is 1. The molecule has 0 aliphatic carbocycles. The molecule has 188 valence electrons. The largest absolute Gasteiger partial charge is 0.484 e. The van der Waals surface area contributed by atoms with E-state index >= 15 is 0 Å². The van der Waals surface area contributed by atoms with Crippen molar-refractivity contribution in [3.63, 3.8) is 0 Å². The van der Waals surface area contributed by atoms with Crippen LogP contribution in [0.1, 0.15) is 16.7 Å². The van der Waals surface area contributed by atoms with Crippen LogP contribution in [0.15, 0.2) is 70.0 Å². The molecule has 0 unspecified atom stereocenters. The zero-order chi connectivity index (χ0) is 26.7. The number of carbonyl (C=O) groups is 2. The number of hydrogen-bond donors (Lipinski definition) is 1. The molecule has 11 heteroatoms. The third-order valence-corrected chi connectivity index (χ3v) is 7.46. The molecule has 1 aliphatic rings. The summed E-state index contributed by atoms with van der Waals surface area (Å²) in [5.41, 5.74) is 3.81. The van der Waals surface area contributed by atoms with E-state index in [4.69, 9.17) is 17.0 Å². The molecule has 3 aromatic carbocycles. The van der Waals surface area contributed by atoms with Crippen molar-refractivity contribution in [3.8, 4) is 5.75 Å². The van der Waals surface area contributed by atoms with E-state index < -0.39 is 4.92 Å². The molecule has 3 aromatic rings. The molecule has 0 spiro atoms. The average Bonchev–Trinajstić information content (AvgIpc) is 3.14. The van der Waals surface area contributed by atoms with Gasteiger partial charge in [0, 0.05) is 16.6 Å². The summed E-state index contributed by atoms with van der Waals surface area (Å²) in [6.45, 7) is 3.80. The van der Waals surface area contributed by atoms with Crippen LogP contribution in [0.4, 0.5) is 17.1 Å². The summed E-state index contributed by atoms with van der Waals surface area (Å²) in [6, 6.07) is 16.5. The molecule has 2 amide bonds. The van der Waals surface area contributed by atoms with Gasteiger partial charge in [-0.25, -0.2) is 0 Å². The van der Waals surface area contributed by atoms with Gasteiger partial charge < -0.3 is 10.1 Å². The lowest BCUT2D eigenvalue weighted by atomic mass is 10.1. The number of nitro benzene ring substituents is 1. The maximum atomic E-state index is 13.0. The Kier molecular flexibility index (Phi) is 8.06. The number of halogens is 1. The van der Waals surface area contributed by atoms with E-state index in [1.807, 2.05) is 26.0 Å². The van der Waals surface area contributed by atoms with E-state index in [9.17, 15) is 19.7 Å². The third kappa shape index (κ3) is 6.24. The molecule has 0 bridgehead atoms.